The largest absolute Gasteiger partial charge is 0.452 e. The fourth-order valence-corrected chi connectivity index (χ4v) is 1.81. The van der Waals surface area contributed by atoms with Crippen molar-refractivity contribution in [3.63, 3.8) is 0 Å². The Balaban J connectivity index is 1.80. The quantitative estimate of drug-likeness (QED) is 0.843. The first-order valence-corrected chi connectivity index (χ1v) is 6.67. The molecular weight excluding hydrogens is 266 g/mol. The van der Waals surface area contributed by atoms with Crippen LogP contribution in [0.2, 0.25) is 5.02 Å². The highest BCUT2D eigenvalue weighted by molar-refractivity contribution is 6.31. The fourth-order valence-electron chi connectivity index (χ4n) is 1.61. The molecule has 1 aromatic rings. The second-order valence-corrected chi connectivity index (χ2v) is 5.07. The number of esters is 1. The second kappa shape index (κ2) is 6.06. The molecule has 0 bridgehead atoms. The van der Waals surface area contributed by atoms with Crippen molar-refractivity contribution in [2.45, 2.75) is 32.4 Å². The first-order chi connectivity index (χ1) is 9.08. The van der Waals surface area contributed by atoms with Gasteiger partial charge in [0.2, 0.25) is 0 Å². The standard InChI is InChI=1S/C14H16ClNO3/c1-9(19-14(18)10-6-7-10)13(17)16-8-11-4-2-3-5-12(11)15/h2-5,9-10H,6-8H2,1H3,(H,16,17)/t9-/m0/s1. The van der Waals surface area contributed by atoms with Gasteiger partial charge in [0.05, 0.1) is 5.92 Å². The van der Waals surface area contributed by atoms with Crippen molar-refractivity contribution >= 4 is 23.5 Å². The Hall–Kier alpha value is -1.55. The van der Waals surface area contributed by atoms with Crippen LogP contribution < -0.4 is 5.32 Å². The van der Waals surface area contributed by atoms with E-state index in [4.69, 9.17) is 16.3 Å². The fraction of sp³-hybridized carbons (Fsp3) is 0.429. The maximum Gasteiger partial charge on any atom is 0.309 e. The number of nitrogens with one attached hydrogen (secondary N) is 1. The summed E-state index contributed by atoms with van der Waals surface area (Å²) in [5, 5.41) is 3.31. The molecule has 0 radical (unpaired) electrons. The minimum absolute atomic E-state index is 0.00109. The summed E-state index contributed by atoms with van der Waals surface area (Å²) in [5.74, 6) is -0.590. The summed E-state index contributed by atoms with van der Waals surface area (Å²) in [6.07, 6.45) is 0.968. The minimum Gasteiger partial charge on any atom is -0.452 e. The molecule has 0 spiro atoms. The zero-order valence-corrected chi connectivity index (χ0v) is 11.4. The molecule has 2 rings (SSSR count). The van der Waals surface area contributed by atoms with Gasteiger partial charge >= 0.3 is 5.97 Å². The molecule has 0 heterocycles. The normalized spacial score (nSPS) is 15.7. The van der Waals surface area contributed by atoms with Gasteiger partial charge in [-0.3, -0.25) is 9.59 Å². The molecule has 5 heteroatoms. The van der Waals surface area contributed by atoms with Gasteiger partial charge in [-0.15, -0.1) is 0 Å². The number of hydrogen-bond donors (Lipinski definition) is 1. The van der Waals surface area contributed by atoms with Crippen LogP contribution in [0.4, 0.5) is 0 Å². The number of ether oxygens (including phenoxy) is 1. The lowest BCUT2D eigenvalue weighted by Gasteiger charge is -2.13. The van der Waals surface area contributed by atoms with Gasteiger partial charge in [-0.25, -0.2) is 0 Å². The van der Waals surface area contributed by atoms with Gasteiger partial charge in [0, 0.05) is 11.6 Å². The molecule has 0 aromatic heterocycles. The predicted molar refractivity (Wildman–Crippen MR) is 71.6 cm³/mol. The maximum atomic E-state index is 11.8. The van der Waals surface area contributed by atoms with Crippen LogP contribution in [0.15, 0.2) is 24.3 Å². The maximum absolute atomic E-state index is 11.8. The van der Waals surface area contributed by atoms with Crippen LogP contribution in [-0.2, 0) is 20.9 Å². The monoisotopic (exact) mass is 281 g/mol. The van der Waals surface area contributed by atoms with E-state index in [9.17, 15) is 9.59 Å². The summed E-state index contributed by atoms with van der Waals surface area (Å²) < 4.78 is 5.07. The molecule has 1 saturated carbocycles. The van der Waals surface area contributed by atoms with Gasteiger partial charge in [0.25, 0.3) is 5.91 Å². The van der Waals surface area contributed by atoms with Crippen molar-refractivity contribution in [3.8, 4) is 0 Å². The van der Waals surface area contributed by atoms with Crippen molar-refractivity contribution < 1.29 is 14.3 Å². The van der Waals surface area contributed by atoms with Crippen LogP contribution in [0.5, 0.6) is 0 Å². The van der Waals surface area contributed by atoms with E-state index in [0.29, 0.717) is 11.6 Å². The molecule has 0 unspecified atom stereocenters. The van der Waals surface area contributed by atoms with Gasteiger partial charge in [-0.05, 0) is 31.4 Å². The van der Waals surface area contributed by atoms with E-state index in [-0.39, 0.29) is 17.8 Å². The molecular formula is C14H16ClNO3. The van der Waals surface area contributed by atoms with Crippen molar-refractivity contribution in [1.82, 2.24) is 5.32 Å². The van der Waals surface area contributed by atoms with E-state index in [2.05, 4.69) is 5.32 Å². The average molecular weight is 282 g/mol. The number of hydrogen-bond acceptors (Lipinski definition) is 3. The third kappa shape index (κ3) is 3.96. The summed E-state index contributed by atoms with van der Waals surface area (Å²) in [6, 6.07) is 7.28. The summed E-state index contributed by atoms with van der Waals surface area (Å²) in [7, 11) is 0. The van der Waals surface area contributed by atoms with Gasteiger partial charge in [0.1, 0.15) is 0 Å². The number of benzene rings is 1. The Morgan fingerprint density at radius 3 is 2.74 bits per heavy atom. The lowest BCUT2D eigenvalue weighted by atomic mass is 10.2. The zero-order valence-electron chi connectivity index (χ0n) is 10.7. The molecule has 1 aromatic carbocycles. The summed E-state index contributed by atoms with van der Waals surface area (Å²) in [4.78, 5) is 23.2. The Morgan fingerprint density at radius 2 is 2.11 bits per heavy atom. The summed E-state index contributed by atoms with van der Waals surface area (Å²) in [6.45, 7) is 1.89. The second-order valence-electron chi connectivity index (χ2n) is 4.66. The number of halogens is 1. The Kier molecular flexibility index (Phi) is 4.43. The van der Waals surface area contributed by atoms with Crippen molar-refractivity contribution in [2.24, 2.45) is 5.92 Å². The van der Waals surface area contributed by atoms with Crippen molar-refractivity contribution in [1.29, 1.82) is 0 Å². The molecule has 19 heavy (non-hydrogen) atoms. The molecule has 1 aliphatic carbocycles. The van der Waals surface area contributed by atoms with Gasteiger partial charge in [-0.2, -0.15) is 0 Å². The highest BCUT2D eigenvalue weighted by Gasteiger charge is 2.33. The smallest absolute Gasteiger partial charge is 0.309 e. The zero-order chi connectivity index (χ0) is 13.8. The van der Waals surface area contributed by atoms with E-state index in [1.54, 1.807) is 13.0 Å². The lowest BCUT2D eigenvalue weighted by molar-refractivity contribution is -0.156. The summed E-state index contributed by atoms with van der Waals surface area (Å²) >= 11 is 5.98. The first-order valence-electron chi connectivity index (χ1n) is 6.29. The molecule has 1 fully saturated rings. The van der Waals surface area contributed by atoms with Gasteiger partial charge in [0.15, 0.2) is 6.10 Å². The SMILES string of the molecule is C[C@H](OC(=O)C1CC1)C(=O)NCc1ccccc1Cl. The van der Waals surface area contributed by atoms with E-state index >= 15 is 0 Å². The Bertz CT molecular complexity index is 485. The lowest BCUT2D eigenvalue weighted by Crippen LogP contribution is -2.35. The molecule has 102 valence electrons. The minimum atomic E-state index is -0.768. The van der Waals surface area contributed by atoms with Crippen molar-refractivity contribution in [2.75, 3.05) is 0 Å². The number of rotatable bonds is 5. The average Bonchev–Trinajstić information content (AvgIpc) is 3.21. The highest BCUT2D eigenvalue weighted by Crippen LogP contribution is 2.30. The van der Waals surface area contributed by atoms with E-state index in [1.165, 1.54) is 0 Å². The van der Waals surface area contributed by atoms with E-state index in [1.807, 2.05) is 18.2 Å². The number of carbonyl (C=O) groups excluding carboxylic acids is 2. The van der Waals surface area contributed by atoms with Crippen LogP contribution in [0.3, 0.4) is 0 Å². The molecule has 1 atom stereocenters. The van der Waals surface area contributed by atoms with Crippen LogP contribution in [0.1, 0.15) is 25.3 Å². The Morgan fingerprint density at radius 1 is 1.42 bits per heavy atom. The van der Waals surface area contributed by atoms with Crippen molar-refractivity contribution in [3.05, 3.63) is 34.9 Å². The van der Waals surface area contributed by atoms with Crippen LogP contribution >= 0.6 is 11.6 Å². The van der Waals surface area contributed by atoms with E-state index < -0.39 is 6.10 Å². The van der Waals surface area contributed by atoms with Crippen LogP contribution in [0.25, 0.3) is 0 Å². The first kappa shape index (κ1) is 13.9. The molecule has 0 saturated heterocycles. The Labute approximate surface area is 117 Å². The topological polar surface area (TPSA) is 55.4 Å². The van der Waals surface area contributed by atoms with E-state index in [0.717, 1.165) is 18.4 Å². The van der Waals surface area contributed by atoms with Gasteiger partial charge in [-0.1, -0.05) is 29.8 Å². The molecule has 0 aliphatic heterocycles. The third-order valence-electron chi connectivity index (χ3n) is 2.98. The molecule has 1 amide bonds. The number of amides is 1. The molecule has 4 nitrogen and oxygen atoms in total. The molecule has 1 aliphatic rings. The summed E-state index contributed by atoms with van der Waals surface area (Å²) in [5.41, 5.74) is 0.832. The number of carbonyl (C=O) groups is 2. The van der Waals surface area contributed by atoms with Crippen LogP contribution in [0, 0.1) is 5.92 Å². The third-order valence-corrected chi connectivity index (χ3v) is 3.35. The predicted octanol–water partition coefficient (Wildman–Crippen LogP) is 2.30. The van der Waals surface area contributed by atoms with Crippen LogP contribution in [-0.4, -0.2) is 18.0 Å². The highest BCUT2D eigenvalue weighted by atomic mass is 35.5. The van der Waals surface area contributed by atoms with Gasteiger partial charge < -0.3 is 10.1 Å². The molecule has 1 N–H and O–H groups in total.